The van der Waals surface area contributed by atoms with Crippen LogP contribution in [0.25, 0.3) is 0 Å². The Labute approximate surface area is 214 Å². The summed E-state index contributed by atoms with van der Waals surface area (Å²) < 4.78 is 5.07. The number of benzene rings is 3. The normalized spacial score (nSPS) is 13.6. The second kappa shape index (κ2) is 11.8. The van der Waals surface area contributed by atoms with Crippen LogP contribution < -0.4 is 14.7 Å². The highest BCUT2D eigenvalue weighted by atomic mass is 16.5. The number of ether oxygens (including phenoxy) is 1. The van der Waals surface area contributed by atoms with Crippen LogP contribution in [0.4, 0.5) is 17.1 Å². The summed E-state index contributed by atoms with van der Waals surface area (Å²) in [6.07, 6.45) is 0. The number of rotatable bonds is 8. The second-order valence-electron chi connectivity index (χ2n) is 9.43. The number of para-hydroxylation sites is 1. The Morgan fingerprint density at radius 1 is 0.778 bits per heavy atom. The Kier molecular flexibility index (Phi) is 8.26. The zero-order chi connectivity index (χ0) is 25.5. The average Bonchev–Trinajstić information content (AvgIpc) is 2.92. The number of hydrogen-bond acceptors (Lipinski definition) is 5. The van der Waals surface area contributed by atoms with E-state index in [4.69, 9.17) is 4.74 Å². The molecule has 4 rings (SSSR count). The van der Waals surface area contributed by atoms with Crippen molar-refractivity contribution in [3.8, 4) is 0 Å². The number of piperazine rings is 1. The molecule has 1 saturated heterocycles. The van der Waals surface area contributed by atoms with Crippen LogP contribution in [0.1, 0.15) is 41.5 Å². The number of nitrogens with zero attached hydrogens (tertiary/aromatic N) is 3. The Balaban J connectivity index is 1.38. The van der Waals surface area contributed by atoms with Gasteiger partial charge >= 0.3 is 5.97 Å². The molecule has 36 heavy (non-hydrogen) atoms. The SMILES string of the molecule is CCOC(=O)c1ccc(N2CCN(c3ccc(C(=O)N(CC(C)C)c4ccccc4)cc3)CC2)cc1. The lowest BCUT2D eigenvalue weighted by Gasteiger charge is -2.37. The van der Waals surface area contributed by atoms with Crippen LogP contribution in [-0.4, -0.2) is 51.2 Å². The van der Waals surface area contributed by atoms with Crippen LogP contribution in [-0.2, 0) is 4.74 Å². The van der Waals surface area contributed by atoms with Gasteiger partial charge in [0.25, 0.3) is 5.91 Å². The van der Waals surface area contributed by atoms with Crippen molar-refractivity contribution >= 4 is 28.9 Å². The van der Waals surface area contributed by atoms with Crippen molar-refractivity contribution in [2.24, 2.45) is 5.92 Å². The zero-order valence-electron chi connectivity index (χ0n) is 21.4. The first-order valence-electron chi connectivity index (χ1n) is 12.7. The van der Waals surface area contributed by atoms with Gasteiger partial charge in [0, 0.05) is 55.3 Å². The lowest BCUT2D eigenvalue weighted by Crippen LogP contribution is -2.46. The second-order valence-corrected chi connectivity index (χ2v) is 9.43. The minimum absolute atomic E-state index is 0.0255. The Hall–Kier alpha value is -3.80. The van der Waals surface area contributed by atoms with E-state index in [2.05, 4.69) is 35.8 Å². The molecule has 0 aliphatic carbocycles. The van der Waals surface area contributed by atoms with Crippen molar-refractivity contribution in [2.45, 2.75) is 20.8 Å². The molecule has 0 bridgehead atoms. The highest BCUT2D eigenvalue weighted by molar-refractivity contribution is 6.06. The van der Waals surface area contributed by atoms with E-state index in [1.54, 1.807) is 0 Å². The minimum atomic E-state index is -0.285. The van der Waals surface area contributed by atoms with Crippen molar-refractivity contribution in [1.29, 1.82) is 0 Å². The molecule has 0 atom stereocenters. The highest BCUT2D eigenvalue weighted by Crippen LogP contribution is 2.24. The lowest BCUT2D eigenvalue weighted by molar-refractivity contribution is 0.0526. The number of esters is 1. The monoisotopic (exact) mass is 485 g/mol. The van der Waals surface area contributed by atoms with Gasteiger partial charge in [0.05, 0.1) is 12.2 Å². The molecule has 1 heterocycles. The summed E-state index contributed by atoms with van der Waals surface area (Å²) in [6, 6.07) is 25.5. The topological polar surface area (TPSA) is 53.1 Å². The quantitative estimate of drug-likeness (QED) is 0.395. The molecule has 188 valence electrons. The third-order valence-electron chi connectivity index (χ3n) is 6.36. The Morgan fingerprint density at radius 2 is 1.28 bits per heavy atom. The summed E-state index contributed by atoms with van der Waals surface area (Å²) in [5.74, 6) is 0.107. The van der Waals surface area contributed by atoms with E-state index < -0.39 is 0 Å². The van der Waals surface area contributed by atoms with Gasteiger partial charge in [-0.05, 0) is 73.5 Å². The predicted octanol–water partition coefficient (Wildman–Crippen LogP) is 5.49. The standard InChI is InChI=1S/C30H35N3O3/c1-4-36-30(35)25-12-16-27(17-13-25)32-20-18-31(19-21-32)26-14-10-24(11-15-26)29(34)33(22-23(2)3)28-8-6-5-7-9-28/h5-17,23H,4,18-22H2,1-3H3. The summed E-state index contributed by atoms with van der Waals surface area (Å²) in [5, 5.41) is 0. The van der Waals surface area contributed by atoms with E-state index in [0.29, 0.717) is 30.2 Å². The van der Waals surface area contributed by atoms with Crippen LogP contribution in [0.15, 0.2) is 78.9 Å². The summed E-state index contributed by atoms with van der Waals surface area (Å²) in [4.78, 5) is 31.8. The number of carbonyl (C=O) groups excluding carboxylic acids is 2. The highest BCUT2D eigenvalue weighted by Gasteiger charge is 2.21. The van der Waals surface area contributed by atoms with Gasteiger partial charge in [-0.25, -0.2) is 4.79 Å². The van der Waals surface area contributed by atoms with Crippen molar-refractivity contribution in [1.82, 2.24) is 0 Å². The minimum Gasteiger partial charge on any atom is -0.462 e. The maximum Gasteiger partial charge on any atom is 0.338 e. The van der Waals surface area contributed by atoms with E-state index in [9.17, 15) is 9.59 Å². The zero-order valence-corrected chi connectivity index (χ0v) is 21.4. The fraction of sp³-hybridized carbons (Fsp3) is 0.333. The first-order valence-corrected chi connectivity index (χ1v) is 12.7. The van der Waals surface area contributed by atoms with Gasteiger partial charge in [-0.2, -0.15) is 0 Å². The number of hydrogen-bond donors (Lipinski definition) is 0. The smallest absolute Gasteiger partial charge is 0.338 e. The molecule has 1 aliphatic heterocycles. The number of carbonyl (C=O) groups is 2. The van der Waals surface area contributed by atoms with Gasteiger partial charge in [0.2, 0.25) is 0 Å². The molecule has 0 spiro atoms. The molecule has 0 N–H and O–H groups in total. The summed E-state index contributed by atoms with van der Waals surface area (Å²) >= 11 is 0. The summed E-state index contributed by atoms with van der Waals surface area (Å²) in [5.41, 5.74) is 4.43. The summed E-state index contributed by atoms with van der Waals surface area (Å²) in [7, 11) is 0. The van der Waals surface area contributed by atoms with Gasteiger partial charge < -0.3 is 19.4 Å². The fourth-order valence-electron chi connectivity index (χ4n) is 4.49. The van der Waals surface area contributed by atoms with Crippen LogP contribution in [0.5, 0.6) is 0 Å². The maximum atomic E-state index is 13.3. The average molecular weight is 486 g/mol. The van der Waals surface area contributed by atoms with E-state index >= 15 is 0 Å². The van der Waals surface area contributed by atoms with Gasteiger partial charge in [0.1, 0.15) is 0 Å². The molecule has 6 heteroatoms. The Morgan fingerprint density at radius 3 is 1.75 bits per heavy atom. The van der Waals surface area contributed by atoms with Crippen LogP contribution in [0.3, 0.4) is 0 Å². The third kappa shape index (κ3) is 6.06. The molecule has 6 nitrogen and oxygen atoms in total. The third-order valence-corrected chi connectivity index (χ3v) is 6.36. The van der Waals surface area contributed by atoms with Crippen molar-refractivity contribution in [2.75, 3.05) is 54.0 Å². The molecule has 0 radical (unpaired) electrons. The van der Waals surface area contributed by atoms with Crippen molar-refractivity contribution < 1.29 is 14.3 Å². The van der Waals surface area contributed by atoms with Crippen LogP contribution in [0, 0.1) is 5.92 Å². The van der Waals surface area contributed by atoms with Crippen molar-refractivity contribution in [3.63, 3.8) is 0 Å². The van der Waals surface area contributed by atoms with Gasteiger partial charge in [-0.3, -0.25) is 4.79 Å². The first-order chi connectivity index (χ1) is 17.5. The van der Waals surface area contributed by atoms with E-state index in [-0.39, 0.29) is 11.9 Å². The van der Waals surface area contributed by atoms with Crippen molar-refractivity contribution in [3.05, 3.63) is 90.0 Å². The molecule has 1 fully saturated rings. The van der Waals surface area contributed by atoms with E-state index in [1.165, 1.54) is 0 Å². The van der Waals surface area contributed by atoms with Gasteiger partial charge in [-0.1, -0.05) is 32.0 Å². The molecule has 1 amide bonds. The largest absolute Gasteiger partial charge is 0.462 e. The number of amides is 1. The molecular formula is C30H35N3O3. The maximum absolute atomic E-state index is 13.3. The molecule has 3 aromatic carbocycles. The van der Waals surface area contributed by atoms with Crippen LogP contribution >= 0.6 is 0 Å². The van der Waals surface area contributed by atoms with Crippen LogP contribution in [0.2, 0.25) is 0 Å². The number of anilines is 3. The molecular weight excluding hydrogens is 450 g/mol. The van der Waals surface area contributed by atoms with Gasteiger partial charge in [-0.15, -0.1) is 0 Å². The van der Waals surface area contributed by atoms with E-state index in [1.807, 2.05) is 78.6 Å². The fourth-order valence-corrected chi connectivity index (χ4v) is 4.49. The first kappa shape index (κ1) is 25.3. The molecule has 0 aromatic heterocycles. The Bertz CT molecular complexity index is 1140. The lowest BCUT2D eigenvalue weighted by atomic mass is 10.1. The van der Waals surface area contributed by atoms with E-state index in [0.717, 1.165) is 43.2 Å². The molecule has 0 unspecified atom stereocenters. The predicted molar refractivity (Wildman–Crippen MR) is 146 cm³/mol. The molecule has 3 aromatic rings. The molecule has 1 aliphatic rings. The molecule has 0 saturated carbocycles. The summed E-state index contributed by atoms with van der Waals surface area (Å²) in [6.45, 7) is 10.6. The van der Waals surface area contributed by atoms with Gasteiger partial charge in [0.15, 0.2) is 0 Å².